The van der Waals surface area contributed by atoms with E-state index in [4.69, 9.17) is 5.73 Å². The number of aryl methyl sites for hydroxylation is 1. The molecular formula is C15H23N3O. The number of amides is 1. The summed E-state index contributed by atoms with van der Waals surface area (Å²) in [5.74, 6) is 0.0571. The van der Waals surface area contributed by atoms with Crippen LogP contribution in [0.25, 0.3) is 0 Å². The van der Waals surface area contributed by atoms with E-state index in [2.05, 4.69) is 17.1 Å². The van der Waals surface area contributed by atoms with E-state index in [0.717, 1.165) is 23.5 Å². The molecule has 1 amide bonds. The molecule has 0 spiro atoms. The number of rotatable bonds is 3. The zero-order chi connectivity index (χ0) is 13.8. The Morgan fingerprint density at radius 3 is 2.95 bits per heavy atom. The van der Waals surface area contributed by atoms with E-state index < -0.39 is 0 Å². The maximum Gasteiger partial charge on any atom is 0.238 e. The van der Waals surface area contributed by atoms with Crippen molar-refractivity contribution in [2.45, 2.75) is 39.2 Å². The van der Waals surface area contributed by atoms with Crippen molar-refractivity contribution >= 4 is 17.3 Å². The van der Waals surface area contributed by atoms with E-state index in [1.807, 2.05) is 25.1 Å². The summed E-state index contributed by atoms with van der Waals surface area (Å²) in [5.41, 5.74) is 8.28. The van der Waals surface area contributed by atoms with E-state index in [1.165, 1.54) is 19.3 Å². The van der Waals surface area contributed by atoms with Gasteiger partial charge in [-0.25, -0.2) is 0 Å². The van der Waals surface area contributed by atoms with E-state index in [9.17, 15) is 4.79 Å². The van der Waals surface area contributed by atoms with Crippen molar-refractivity contribution in [1.82, 2.24) is 4.90 Å². The standard InChI is InChI=1S/C15H23N3O/c1-11-9-13(16)6-7-14(11)17-15(19)10-18-8-4-3-5-12(18)2/h6-7,9,12H,3-5,8,10,16H2,1-2H3,(H,17,19)/t12-/m1/s1. The van der Waals surface area contributed by atoms with Gasteiger partial charge in [0, 0.05) is 17.4 Å². The minimum absolute atomic E-state index is 0.0571. The normalized spacial score (nSPS) is 20.2. The van der Waals surface area contributed by atoms with Crippen LogP contribution >= 0.6 is 0 Å². The number of carbonyl (C=O) groups is 1. The molecule has 1 aliphatic heterocycles. The Balaban J connectivity index is 1.93. The first kappa shape index (κ1) is 13.9. The second kappa shape index (κ2) is 6.06. The Bertz CT molecular complexity index is 459. The number of benzene rings is 1. The van der Waals surface area contributed by atoms with Crippen molar-refractivity contribution < 1.29 is 4.79 Å². The number of likely N-dealkylation sites (tertiary alicyclic amines) is 1. The Morgan fingerprint density at radius 2 is 2.26 bits per heavy atom. The van der Waals surface area contributed by atoms with Crippen molar-refractivity contribution in [3.8, 4) is 0 Å². The summed E-state index contributed by atoms with van der Waals surface area (Å²) in [7, 11) is 0. The van der Waals surface area contributed by atoms with Gasteiger partial charge in [0.05, 0.1) is 6.54 Å². The molecule has 2 rings (SSSR count). The lowest BCUT2D eigenvalue weighted by Crippen LogP contribution is -2.42. The highest BCUT2D eigenvalue weighted by Gasteiger charge is 2.20. The molecule has 0 unspecified atom stereocenters. The number of nitrogen functional groups attached to an aromatic ring is 1. The second-order valence-electron chi connectivity index (χ2n) is 5.44. The molecule has 3 N–H and O–H groups in total. The van der Waals surface area contributed by atoms with Gasteiger partial charge in [-0.15, -0.1) is 0 Å². The van der Waals surface area contributed by atoms with Gasteiger partial charge >= 0.3 is 0 Å². The number of hydrogen-bond acceptors (Lipinski definition) is 3. The van der Waals surface area contributed by atoms with Crippen LogP contribution in [0.2, 0.25) is 0 Å². The van der Waals surface area contributed by atoms with Gasteiger partial charge in [0.25, 0.3) is 0 Å². The third-order valence-electron chi connectivity index (χ3n) is 3.81. The van der Waals surface area contributed by atoms with E-state index in [1.54, 1.807) is 0 Å². The summed E-state index contributed by atoms with van der Waals surface area (Å²) in [6, 6.07) is 6.06. The molecule has 1 aromatic rings. The molecule has 0 aromatic heterocycles. The predicted octanol–water partition coefficient (Wildman–Crippen LogP) is 2.39. The Morgan fingerprint density at radius 1 is 1.47 bits per heavy atom. The van der Waals surface area contributed by atoms with E-state index in [0.29, 0.717) is 12.6 Å². The SMILES string of the molecule is Cc1cc(N)ccc1NC(=O)CN1CCCC[C@H]1C. The molecular weight excluding hydrogens is 238 g/mol. The Hall–Kier alpha value is -1.55. The lowest BCUT2D eigenvalue weighted by atomic mass is 10.0. The van der Waals surface area contributed by atoms with E-state index >= 15 is 0 Å². The van der Waals surface area contributed by atoms with Crippen molar-refractivity contribution in [2.75, 3.05) is 24.1 Å². The highest BCUT2D eigenvalue weighted by molar-refractivity contribution is 5.93. The van der Waals surface area contributed by atoms with Crippen LogP contribution in [-0.4, -0.2) is 29.9 Å². The quantitative estimate of drug-likeness (QED) is 0.821. The number of piperidine rings is 1. The van der Waals surface area contributed by atoms with Crippen LogP contribution in [-0.2, 0) is 4.79 Å². The molecule has 0 bridgehead atoms. The number of nitrogens with zero attached hydrogens (tertiary/aromatic N) is 1. The molecule has 1 aromatic carbocycles. The summed E-state index contributed by atoms with van der Waals surface area (Å²) < 4.78 is 0. The third-order valence-corrected chi connectivity index (χ3v) is 3.81. The van der Waals surface area contributed by atoms with Gasteiger partial charge in [-0.1, -0.05) is 6.42 Å². The monoisotopic (exact) mass is 261 g/mol. The van der Waals surface area contributed by atoms with Crippen LogP contribution in [0.5, 0.6) is 0 Å². The van der Waals surface area contributed by atoms with E-state index in [-0.39, 0.29) is 5.91 Å². The van der Waals surface area contributed by atoms with Crippen molar-refractivity contribution in [3.63, 3.8) is 0 Å². The van der Waals surface area contributed by atoms with Gasteiger partial charge in [-0.05, 0) is 57.0 Å². The predicted molar refractivity (Wildman–Crippen MR) is 79.1 cm³/mol. The van der Waals surface area contributed by atoms with Crippen molar-refractivity contribution in [1.29, 1.82) is 0 Å². The summed E-state index contributed by atoms with van der Waals surface area (Å²) in [4.78, 5) is 14.3. The fourth-order valence-corrected chi connectivity index (χ4v) is 2.59. The second-order valence-corrected chi connectivity index (χ2v) is 5.44. The highest BCUT2D eigenvalue weighted by atomic mass is 16.2. The first-order valence-corrected chi connectivity index (χ1v) is 6.96. The molecule has 1 heterocycles. The molecule has 0 saturated carbocycles. The molecule has 4 heteroatoms. The summed E-state index contributed by atoms with van der Waals surface area (Å²) in [6.45, 7) is 5.65. The molecule has 1 fully saturated rings. The molecule has 0 aliphatic carbocycles. The molecule has 19 heavy (non-hydrogen) atoms. The minimum Gasteiger partial charge on any atom is -0.399 e. The van der Waals surface area contributed by atoms with Crippen molar-refractivity contribution in [2.24, 2.45) is 0 Å². The summed E-state index contributed by atoms with van der Waals surface area (Å²) in [5, 5.41) is 2.97. The van der Waals surface area contributed by atoms with Gasteiger partial charge in [0.1, 0.15) is 0 Å². The molecule has 0 radical (unpaired) electrons. The van der Waals surface area contributed by atoms with Crippen LogP contribution < -0.4 is 11.1 Å². The summed E-state index contributed by atoms with van der Waals surface area (Å²) >= 11 is 0. The van der Waals surface area contributed by atoms with Crippen LogP contribution in [0.4, 0.5) is 11.4 Å². The van der Waals surface area contributed by atoms with Gasteiger partial charge in [-0.2, -0.15) is 0 Å². The largest absolute Gasteiger partial charge is 0.399 e. The maximum absolute atomic E-state index is 12.1. The van der Waals surface area contributed by atoms with Crippen LogP contribution in [0, 0.1) is 6.92 Å². The zero-order valence-electron chi connectivity index (χ0n) is 11.8. The average Bonchev–Trinajstić information content (AvgIpc) is 2.36. The first-order valence-electron chi connectivity index (χ1n) is 6.96. The minimum atomic E-state index is 0.0571. The molecule has 1 saturated heterocycles. The lowest BCUT2D eigenvalue weighted by Gasteiger charge is -2.32. The number of carbonyl (C=O) groups excluding carboxylic acids is 1. The summed E-state index contributed by atoms with van der Waals surface area (Å²) in [6.07, 6.45) is 3.66. The molecule has 4 nitrogen and oxygen atoms in total. The fourth-order valence-electron chi connectivity index (χ4n) is 2.59. The van der Waals surface area contributed by atoms with Gasteiger partial charge in [0.15, 0.2) is 0 Å². The fraction of sp³-hybridized carbons (Fsp3) is 0.533. The average molecular weight is 261 g/mol. The van der Waals surface area contributed by atoms with Crippen molar-refractivity contribution in [3.05, 3.63) is 23.8 Å². The number of hydrogen-bond donors (Lipinski definition) is 2. The molecule has 104 valence electrons. The zero-order valence-corrected chi connectivity index (χ0v) is 11.8. The third kappa shape index (κ3) is 3.70. The number of anilines is 2. The molecule has 1 atom stereocenters. The highest BCUT2D eigenvalue weighted by Crippen LogP contribution is 2.19. The maximum atomic E-state index is 12.1. The smallest absolute Gasteiger partial charge is 0.238 e. The van der Waals surface area contributed by atoms with Gasteiger partial charge in [-0.3, -0.25) is 9.69 Å². The molecule has 1 aliphatic rings. The van der Waals surface area contributed by atoms with Gasteiger partial charge < -0.3 is 11.1 Å². The number of nitrogens with one attached hydrogen (secondary N) is 1. The van der Waals surface area contributed by atoms with Gasteiger partial charge in [0.2, 0.25) is 5.91 Å². The first-order chi connectivity index (χ1) is 9.06. The van der Waals surface area contributed by atoms with Crippen LogP contribution in [0.1, 0.15) is 31.7 Å². The van der Waals surface area contributed by atoms with Crippen LogP contribution in [0.3, 0.4) is 0 Å². The Kier molecular flexibility index (Phi) is 4.43. The topological polar surface area (TPSA) is 58.4 Å². The lowest BCUT2D eigenvalue weighted by molar-refractivity contribution is -0.118. The van der Waals surface area contributed by atoms with Crippen LogP contribution in [0.15, 0.2) is 18.2 Å². The number of nitrogens with two attached hydrogens (primary N) is 1. The Labute approximate surface area is 115 Å².